The molecule has 0 amide bonds. The van der Waals surface area contributed by atoms with Crippen molar-refractivity contribution in [2.75, 3.05) is 0 Å². The third-order valence-corrected chi connectivity index (χ3v) is 5.06. The second-order valence-corrected chi connectivity index (χ2v) is 7.71. The van der Waals surface area contributed by atoms with Crippen LogP contribution in [0.25, 0.3) is 0 Å². The maximum Gasteiger partial charge on any atom is 0.501 e. The summed E-state index contributed by atoms with van der Waals surface area (Å²) >= 11 is 0. The quantitative estimate of drug-likeness (QED) is 0.453. The molecule has 1 aromatic carbocycles. The molecule has 1 aliphatic heterocycles. The number of hydrogen-bond donors (Lipinski definition) is 2. The highest BCUT2D eigenvalue weighted by Crippen LogP contribution is 2.39. The van der Waals surface area contributed by atoms with Gasteiger partial charge >= 0.3 is 7.12 Å². The van der Waals surface area contributed by atoms with Gasteiger partial charge in [-0.15, -0.1) is 0 Å². The van der Waals surface area contributed by atoms with E-state index in [1.54, 1.807) is 0 Å². The van der Waals surface area contributed by atoms with Crippen LogP contribution in [0.15, 0.2) is 41.7 Å². The van der Waals surface area contributed by atoms with Crippen molar-refractivity contribution in [3.8, 4) is 0 Å². The van der Waals surface area contributed by atoms with Gasteiger partial charge in [0.25, 0.3) is 0 Å². The Morgan fingerprint density at radius 1 is 1.20 bits per heavy atom. The minimum absolute atomic E-state index is 0.406. The van der Waals surface area contributed by atoms with Crippen molar-refractivity contribution in [2.45, 2.75) is 64.4 Å². The van der Waals surface area contributed by atoms with E-state index in [1.165, 1.54) is 6.21 Å². The van der Waals surface area contributed by atoms with Gasteiger partial charge in [0.15, 0.2) is 5.88 Å². The number of rotatable bonds is 7. The molecule has 5 nitrogen and oxygen atoms in total. The number of allylic oxidation sites excluding steroid dienone is 1. The first kappa shape index (κ1) is 18.0. The number of ether oxygens (including phenoxy) is 1. The van der Waals surface area contributed by atoms with E-state index in [9.17, 15) is 0 Å². The summed E-state index contributed by atoms with van der Waals surface area (Å²) in [4.78, 5) is 0. The predicted octanol–water partition coefficient (Wildman–Crippen LogP) is 3.45. The highest BCUT2D eigenvalue weighted by Gasteiger charge is 2.53. The molecular weight excluding hydrogens is 315 g/mol. The molecule has 134 valence electrons. The minimum atomic E-state index is -0.612. The number of benzene rings is 1. The summed E-state index contributed by atoms with van der Waals surface area (Å²) in [7, 11) is -0.612. The van der Waals surface area contributed by atoms with Crippen LogP contribution in [-0.4, -0.2) is 30.6 Å². The largest absolute Gasteiger partial charge is 0.501 e. The molecule has 25 heavy (non-hydrogen) atoms. The van der Waals surface area contributed by atoms with Crippen LogP contribution in [0, 0.1) is 5.41 Å². The Morgan fingerprint density at radius 3 is 2.32 bits per heavy atom. The van der Waals surface area contributed by atoms with Crippen molar-refractivity contribution in [1.29, 1.82) is 5.41 Å². The van der Waals surface area contributed by atoms with Gasteiger partial charge in [0.1, 0.15) is 6.61 Å². The molecular formula is C19H27BN2O3. The second kappa shape index (κ2) is 6.85. The van der Waals surface area contributed by atoms with Crippen LogP contribution in [0.5, 0.6) is 0 Å². The zero-order chi connectivity index (χ0) is 18.1. The molecule has 1 heterocycles. The Labute approximate surface area is 150 Å². The first-order valence-corrected chi connectivity index (χ1v) is 8.86. The van der Waals surface area contributed by atoms with Gasteiger partial charge in [-0.1, -0.05) is 30.3 Å². The summed E-state index contributed by atoms with van der Waals surface area (Å²) in [6, 6.07) is 10.4. The van der Waals surface area contributed by atoms with Gasteiger partial charge in [0.2, 0.25) is 0 Å². The van der Waals surface area contributed by atoms with Crippen LogP contribution in [0.3, 0.4) is 0 Å². The van der Waals surface area contributed by atoms with E-state index in [0.717, 1.165) is 18.4 Å². The zero-order valence-electron chi connectivity index (χ0n) is 15.5. The van der Waals surface area contributed by atoms with Gasteiger partial charge in [0.05, 0.1) is 16.7 Å². The van der Waals surface area contributed by atoms with Crippen molar-refractivity contribution in [3.63, 3.8) is 0 Å². The molecule has 1 saturated carbocycles. The Morgan fingerprint density at radius 2 is 1.80 bits per heavy atom. The van der Waals surface area contributed by atoms with Crippen molar-refractivity contribution in [1.82, 2.24) is 5.32 Å². The van der Waals surface area contributed by atoms with Gasteiger partial charge in [-0.25, -0.2) is 0 Å². The van der Waals surface area contributed by atoms with Crippen molar-refractivity contribution in [3.05, 3.63) is 47.3 Å². The Balaban J connectivity index is 1.81. The summed E-state index contributed by atoms with van der Waals surface area (Å²) in [6.07, 6.45) is 3.51. The fraction of sp³-hybridized carbons (Fsp3) is 0.526. The lowest BCUT2D eigenvalue weighted by molar-refractivity contribution is 0.00578. The number of nitrogens with one attached hydrogen (secondary N) is 2. The van der Waals surface area contributed by atoms with E-state index in [4.69, 9.17) is 19.5 Å². The maximum atomic E-state index is 7.90. The molecule has 0 aromatic heterocycles. The summed E-state index contributed by atoms with van der Waals surface area (Å²) < 4.78 is 18.2. The van der Waals surface area contributed by atoms with Gasteiger partial charge in [0, 0.05) is 12.3 Å². The van der Waals surface area contributed by atoms with Gasteiger partial charge in [-0.05, 0) is 46.1 Å². The lowest BCUT2D eigenvalue weighted by atomic mass is 9.79. The third kappa shape index (κ3) is 4.07. The fourth-order valence-electron chi connectivity index (χ4n) is 2.56. The molecule has 1 aromatic rings. The molecule has 3 rings (SSSR count). The number of hydrogen-bond acceptors (Lipinski definition) is 5. The SMILES string of the molecule is CC1(C)OB(/C(C=N)=C(/NC2CC2)OCc2ccccc2)OC1(C)C. The van der Waals surface area contributed by atoms with Crippen LogP contribution in [0.2, 0.25) is 0 Å². The molecule has 0 bridgehead atoms. The topological polar surface area (TPSA) is 63.6 Å². The zero-order valence-corrected chi connectivity index (χ0v) is 15.5. The highest BCUT2D eigenvalue weighted by atomic mass is 16.7. The Bertz CT molecular complexity index is 638. The Kier molecular flexibility index (Phi) is 4.93. The minimum Gasteiger partial charge on any atom is -0.475 e. The van der Waals surface area contributed by atoms with Crippen LogP contribution in [-0.2, 0) is 20.7 Å². The molecule has 0 spiro atoms. The molecule has 1 aliphatic carbocycles. The molecule has 2 fully saturated rings. The molecule has 6 heteroatoms. The van der Waals surface area contributed by atoms with Crippen molar-refractivity contribution in [2.24, 2.45) is 0 Å². The smallest absolute Gasteiger partial charge is 0.475 e. The normalized spacial score (nSPS) is 22.3. The monoisotopic (exact) mass is 342 g/mol. The average molecular weight is 342 g/mol. The predicted molar refractivity (Wildman–Crippen MR) is 99.3 cm³/mol. The third-order valence-electron chi connectivity index (χ3n) is 5.06. The van der Waals surface area contributed by atoms with E-state index in [1.807, 2.05) is 58.0 Å². The maximum absolute atomic E-state index is 7.90. The summed E-state index contributed by atoms with van der Waals surface area (Å²) in [6.45, 7) is 8.47. The van der Waals surface area contributed by atoms with E-state index in [2.05, 4.69) is 5.32 Å². The molecule has 0 unspecified atom stereocenters. The Hall–Kier alpha value is -1.79. The van der Waals surface area contributed by atoms with Crippen LogP contribution in [0.1, 0.15) is 46.1 Å². The standard InChI is InChI=1S/C19H27BN2O3/c1-18(2)19(3,4)25-20(24-18)16(12-21)17(22-15-10-11-15)23-13-14-8-6-5-7-9-14/h5-9,12,15,21-22H,10-11,13H2,1-4H3/b17-16-,21-12?. The van der Waals surface area contributed by atoms with Gasteiger partial charge in [-0.2, -0.15) is 0 Å². The highest BCUT2D eigenvalue weighted by molar-refractivity contribution is 6.60. The first-order chi connectivity index (χ1) is 11.8. The van der Waals surface area contributed by atoms with Crippen LogP contribution >= 0.6 is 0 Å². The molecule has 0 radical (unpaired) electrons. The lowest BCUT2D eigenvalue weighted by Gasteiger charge is -2.32. The molecule has 0 atom stereocenters. The summed E-state index contributed by atoms with van der Waals surface area (Å²) in [5, 5.41) is 11.3. The van der Waals surface area contributed by atoms with Gasteiger partial charge < -0.3 is 24.8 Å². The first-order valence-electron chi connectivity index (χ1n) is 8.86. The summed E-state index contributed by atoms with van der Waals surface area (Å²) in [5.41, 5.74) is 0.781. The second-order valence-electron chi connectivity index (χ2n) is 7.71. The molecule has 2 N–H and O–H groups in total. The van der Waals surface area contributed by atoms with E-state index in [-0.39, 0.29) is 0 Å². The van der Waals surface area contributed by atoms with E-state index >= 15 is 0 Å². The molecule has 1 saturated heterocycles. The van der Waals surface area contributed by atoms with Gasteiger partial charge in [-0.3, -0.25) is 0 Å². The molecule has 2 aliphatic rings. The fourth-order valence-corrected chi connectivity index (χ4v) is 2.56. The van der Waals surface area contributed by atoms with E-state index in [0.29, 0.717) is 24.0 Å². The lowest BCUT2D eigenvalue weighted by Crippen LogP contribution is -2.41. The van der Waals surface area contributed by atoms with Crippen molar-refractivity contribution < 1.29 is 14.0 Å². The van der Waals surface area contributed by atoms with Crippen LogP contribution in [0.4, 0.5) is 0 Å². The van der Waals surface area contributed by atoms with E-state index < -0.39 is 18.3 Å². The average Bonchev–Trinajstić information content (AvgIpc) is 3.33. The summed E-state index contributed by atoms with van der Waals surface area (Å²) in [5.74, 6) is 0.583. The van der Waals surface area contributed by atoms with Crippen molar-refractivity contribution >= 4 is 13.3 Å². The van der Waals surface area contributed by atoms with Crippen LogP contribution < -0.4 is 5.32 Å².